The lowest BCUT2D eigenvalue weighted by Crippen LogP contribution is -2.43. The molecule has 0 spiro atoms. The second kappa shape index (κ2) is 7.59. The molecular weight excluding hydrogens is 434 g/mol. The van der Waals surface area contributed by atoms with Crippen LogP contribution in [0.3, 0.4) is 0 Å². The van der Waals surface area contributed by atoms with E-state index in [0.717, 1.165) is 34.3 Å². The molecule has 2 aliphatic rings. The van der Waals surface area contributed by atoms with Gasteiger partial charge in [0.1, 0.15) is 12.1 Å². The van der Waals surface area contributed by atoms with E-state index in [9.17, 15) is 9.59 Å². The lowest BCUT2D eigenvalue weighted by atomic mass is 9.71. The number of aryl methyl sites for hydroxylation is 1. The minimum absolute atomic E-state index is 0.0903. The molecule has 0 aromatic carbocycles. The summed E-state index contributed by atoms with van der Waals surface area (Å²) in [7, 11) is 1.86. The number of Topliss-reactive ketones (excluding diaryl/α,β-unsaturated/α-hetero) is 1. The van der Waals surface area contributed by atoms with Crippen LogP contribution in [-0.4, -0.2) is 21.5 Å². The third kappa shape index (κ3) is 3.53. The van der Waals surface area contributed by atoms with Gasteiger partial charge < -0.3 is 5.32 Å². The molecule has 2 aromatic rings. The van der Waals surface area contributed by atoms with E-state index in [1.165, 1.54) is 0 Å². The lowest BCUT2D eigenvalue weighted by molar-refractivity contribution is -0.361. The van der Waals surface area contributed by atoms with Gasteiger partial charge in [-0.15, -0.1) is 0 Å². The van der Waals surface area contributed by atoms with Gasteiger partial charge in [-0.25, -0.2) is 15.1 Å². The summed E-state index contributed by atoms with van der Waals surface area (Å²) in [5, 5.41) is 10.5. The van der Waals surface area contributed by atoms with E-state index >= 15 is 0 Å². The summed E-state index contributed by atoms with van der Waals surface area (Å²) in [4.78, 5) is 29.3. The molecule has 2 aromatic heterocycles. The Morgan fingerprint density at radius 2 is 2.21 bits per heavy atom. The third-order valence-corrected chi connectivity index (χ3v) is 6.20. The van der Waals surface area contributed by atoms with Crippen molar-refractivity contribution in [3.8, 4) is 0 Å². The Morgan fingerprint density at radius 3 is 2.86 bits per heavy atom. The van der Waals surface area contributed by atoms with E-state index in [4.69, 9.17) is 0 Å². The van der Waals surface area contributed by atoms with Gasteiger partial charge in [0.15, 0.2) is 5.78 Å². The van der Waals surface area contributed by atoms with E-state index in [-0.39, 0.29) is 11.7 Å². The van der Waals surface area contributed by atoms with Gasteiger partial charge >= 0.3 is 5.91 Å². The first kappa shape index (κ1) is 19.6. The van der Waals surface area contributed by atoms with Gasteiger partial charge in [-0.2, -0.15) is 5.10 Å². The van der Waals surface area contributed by atoms with Crippen molar-refractivity contribution in [2.75, 3.05) is 5.32 Å². The van der Waals surface area contributed by atoms with Gasteiger partial charge in [0, 0.05) is 53.7 Å². The van der Waals surface area contributed by atoms with Gasteiger partial charge in [0.2, 0.25) is 0 Å². The second-order valence-electron chi connectivity index (χ2n) is 7.49. The highest BCUT2D eigenvalue weighted by Gasteiger charge is 2.45. The number of amides is 1. The Bertz CT molecular complexity index is 1040. The number of H-pyrrole nitrogens is 1. The van der Waals surface area contributed by atoms with E-state index in [0.29, 0.717) is 23.5 Å². The Morgan fingerprint density at radius 1 is 1.41 bits per heavy atom. The molecule has 29 heavy (non-hydrogen) atoms. The smallest absolute Gasteiger partial charge is 0.317 e. The van der Waals surface area contributed by atoms with E-state index in [1.54, 1.807) is 23.1 Å². The number of hydrogen-bond donors (Lipinski definition) is 2. The number of hydrogen-bond acceptors (Lipinski definition) is 4. The van der Waals surface area contributed by atoms with Crippen LogP contribution in [0, 0.1) is 12.8 Å². The minimum Gasteiger partial charge on any atom is -0.362 e. The Kier molecular flexibility index (Phi) is 5.12. The van der Waals surface area contributed by atoms with Crippen molar-refractivity contribution >= 4 is 33.4 Å². The number of anilines is 1. The molecule has 7 nitrogen and oxygen atoms in total. The molecule has 150 valence electrons. The quantitative estimate of drug-likeness (QED) is 0.742. The highest BCUT2D eigenvalue weighted by molar-refractivity contribution is 9.10. The molecule has 1 aliphatic heterocycles. The summed E-state index contributed by atoms with van der Waals surface area (Å²) >= 11 is 3.37. The zero-order valence-corrected chi connectivity index (χ0v) is 18.0. The molecule has 0 saturated carbocycles. The second-order valence-corrected chi connectivity index (χ2v) is 8.41. The SMILES string of the molecule is C=C1NC2=C(C(=O)CCC2)C(c2cnn(C)c2C)C1C(=O)Nc1ccc(Br)c[nH+]1. The number of aromatic nitrogens is 3. The highest BCUT2D eigenvalue weighted by Crippen LogP contribution is 2.44. The molecule has 2 atom stereocenters. The summed E-state index contributed by atoms with van der Waals surface area (Å²) in [5.74, 6) is -0.597. The molecule has 3 heterocycles. The summed E-state index contributed by atoms with van der Waals surface area (Å²) < 4.78 is 2.65. The average molecular weight is 457 g/mol. The van der Waals surface area contributed by atoms with Crippen LogP contribution in [0.5, 0.6) is 0 Å². The fraction of sp³-hybridized carbons (Fsp3) is 0.333. The molecule has 8 heteroatoms. The predicted octanol–water partition coefficient (Wildman–Crippen LogP) is 2.77. The molecule has 3 N–H and O–H groups in total. The first-order valence-electron chi connectivity index (χ1n) is 9.55. The fourth-order valence-corrected chi connectivity index (χ4v) is 4.40. The van der Waals surface area contributed by atoms with Crippen molar-refractivity contribution in [2.45, 2.75) is 32.1 Å². The molecular formula is C21H23BrN5O2+. The summed E-state index contributed by atoms with van der Waals surface area (Å²) in [6.07, 6.45) is 5.60. The number of aromatic amines is 1. The van der Waals surface area contributed by atoms with Crippen molar-refractivity contribution < 1.29 is 14.6 Å². The summed E-state index contributed by atoms with van der Waals surface area (Å²) in [5.41, 5.74) is 4.00. The Hall–Kier alpha value is -2.74. The maximum atomic E-state index is 13.3. The summed E-state index contributed by atoms with van der Waals surface area (Å²) in [6, 6.07) is 3.62. The molecule has 0 bridgehead atoms. The van der Waals surface area contributed by atoms with E-state index in [2.05, 4.69) is 43.2 Å². The van der Waals surface area contributed by atoms with Crippen molar-refractivity contribution in [1.82, 2.24) is 15.1 Å². The van der Waals surface area contributed by atoms with Crippen LogP contribution < -0.4 is 15.6 Å². The van der Waals surface area contributed by atoms with Crippen molar-refractivity contribution in [3.05, 3.63) is 63.8 Å². The maximum absolute atomic E-state index is 13.3. The number of nitrogens with one attached hydrogen (secondary N) is 3. The number of carbonyl (C=O) groups is 2. The highest BCUT2D eigenvalue weighted by atomic mass is 79.9. The largest absolute Gasteiger partial charge is 0.362 e. The van der Waals surface area contributed by atoms with Gasteiger partial charge in [0.25, 0.3) is 5.82 Å². The monoisotopic (exact) mass is 456 g/mol. The molecule has 0 saturated heterocycles. The van der Waals surface area contributed by atoms with Gasteiger partial charge in [0.05, 0.1) is 10.7 Å². The van der Waals surface area contributed by atoms with Crippen LogP contribution >= 0.6 is 15.9 Å². The molecule has 1 aliphatic carbocycles. The zero-order chi connectivity index (χ0) is 20.7. The first-order valence-corrected chi connectivity index (χ1v) is 10.3. The van der Waals surface area contributed by atoms with Crippen LogP contribution in [0.4, 0.5) is 5.82 Å². The van der Waals surface area contributed by atoms with Gasteiger partial charge in [-0.05, 0) is 41.8 Å². The number of allylic oxidation sites excluding steroid dienone is 2. The van der Waals surface area contributed by atoms with Crippen molar-refractivity contribution in [3.63, 3.8) is 0 Å². The van der Waals surface area contributed by atoms with Crippen molar-refractivity contribution in [1.29, 1.82) is 0 Å². The molecule has 1 amide bonds. The summed E-state index contributed by atoms with van der Waals surface area (Å²) in [6.45, 7) is 6.09. The predicted molar refractivity (Wildman–Crippen MR) is 112 cm³/mol. The topological polar surface area (TPSA) is 90.2 Å². The van der Waals surface area contributed by atoms with Gasteiger partial charge in [-0.3, -0.25) is 9.48 Å². The number of pyridine rings is 1. The van der Waals surface area contributed by atoms with Crippen LogP contribution in [0.15, 0.2) is 52.5 Å². The molecule has 0 radical (unpaired) electrons. The number of nitrogens with zero attached hydrogens (tertiary/aromatic N) is 2. The maximum Gasteiger partial charge on any atom is 0.317 e. The Balaban J connectivity index is 1.78. The minimum atomic E-state index is -0.629. The standard InChI is InChI=1S/C21H22BrN5O2/c1-11-18(21(29)26-17-8-7-13(22)9-23-17)19(14-10-24-27(3)12(14)2)20-15(25-11)5-4-6-16(20)28/h7-10,18-19,25H,1,4-6H2,2-3H3,(H,23,26,29)/p+1. The normalized spacial score (nSPS) is 21.6. The van der Waals surface area contributed by atoms with E-state index < -0.39 is 11.8 Å². The molecule has 2 unspecified atom stereocenters. The first-order chi connectivity index (χ1) is 13.9. The van der Waals surface area contributed by atoms with Crippen LogP contribution in [0.25, 0.3) is 0 Å². The van der Waals surface area contributed by atoms with E-state index in [1.807, 2.05) is 20.0 Å². The van der Waals surface area contributed by atoms with Gasteiger partial charge in [-0.1, -0.05) is 6.58 Å². The number of halogens is 1. The van der Waals surface area contributed by atoms with Crippen LogP contribution in [0.1, 0.15) is 36.4 Å². The number of carbonyl (C=O) groups excluding carboxylic acids is 2. The lowest BCUT2D eigenvalue weighted by Gasteiger charge is -2.37. The van der Waals surface area contributed by atoms with Crippen molar-refractivity contribution in [2.24, 2.45) is 13.0 Å². The number of ketones is 1. The fourth-order valence-electron chi connectivity index (χ4n) is 4.15. The Labute approximate surface area is 177 Å². The van der Waals surface area contributed by atoms with Crippen LogP contribution in [0.2, 0.25) is 0 Å². The number of rotatable bonds is 3. The molecule has 4 rings (SSSR count). The zero-order valence-electron chi connectivity index (χ0n) is 16.4. The third-order valence-electron chi connectivity index (χ3n) is 5.71. The average Bonchev–Trinajstić information content (AvgIpc) is 3.01. The van der Waals surface area contributed by atoms with Crippen LogP contribution in [-0.2, 0) is 16.6 Å². The molecule has 0 fully saturated rings.